The van der Waals surface area contributed by atoms with Crippen LogP contribution in [0.2, 0.25) is 0 Å². The van der Waals surface area contributed by atoms with Gasteiger partial charge < -0.3 is 28.6 Å². The van der Waals surface area contributed by atoms with Crippen molar-refractivity contribution < 1.29 is 33.3 Å². The topological polar surface area (TPSA) is 98.4 Å². The minimum Gasteiger partial charge on any atom is -0.503 e. The summed E-state index contributed by atoms with van der Waals surface area (Å²) in [7, 11) is 4.63. The summed E-state index contributed by atoms with van der Waals surface area (Å²) in [6.07, 6.45) is 1.82. The van der Waals surface area contributed by atoms with Crippen molar-refractivity contribution >= 4 is 11.7 Å². The molecule has 2 aromatic carbocycles. The monoisotopic (exact) mass is 463 g/mol. The average molecular weight is 463 g/mol. The van der Waals surface area contributed by atoms with E-state index in [1.807, 2.05) is 12.1 Å². The van der Waals surface area contributed by atoms with Gasteiger partial charge in [-0.1, -0.05) is 24.3 Å². The van der Waals surface area contributed by atoms with Crippen LogP contribution in [0, 0.1) is 0 Å². The molecule has 1 aliphatic rings. The summed E-state index contributed by atoms with van der Waals surface area (Å²) in [5.41, 5.74) is 1.44. The zero-order chi connectivity index (χ0) is 24.2. The van der Waals surface area contributed by atoms with E-state index < -0.39 is 23.5 Å². The molecule has 1 aliphatic heterocycles. The quantitative estimate of drug-likeness (QED) is 0.477. The third kappa shape index (κ3) is 4.10. The lowest BCUT2D eigenvalue weighted by Gasteiger charge is -2.28. The largest absolute Gasteiger partial charge is 0.503 e. The lowest BCUT2D eigenvalue weighted by atomic mass is 9.94. The fraction of sp³-hybridized carbons (Fsp3) is 0.231. The number of ketones is 1. The van der Waals surface area contributed by atoms with Gasteiger partial charge in [-0.05, 0) is 42.3 Å². The van der Waals surface area contributed by atoms with E-state index >= 15 is 0 Å². The van der Waals surface area contributed by atoms with E-state index in [0.29, 0.717) is 29.2 Å². The molecule has 1 N–H and O–H groups in total. The van der Waals surface area contributed by atoms with E-state index in [9.17, 15) is 14.7 Å². The maximum absolute atomic E-state index is 13.3. The van der Waals surface area contributed by atoms with Gasteiger partial charge in [0, 0.05) is 12.1 Å². The van der Waals surface area contributed by atoms with Crippen LogP contribution in [0.25, 0.3) is 0 Å². The molecular formula is C26H25NO7. The van der Waals surface area contributed by atoms with Crippen LogP contribution in [0.15, 0.2) is 76.6 Å². The molecule has 2 heterocycles. The van der Waals surface area contributed by atoms with Gasteiger partial charge >= 0.3 is 0 Å². The molecule has 1 atom stereocenters. The number of ether oxygens (including phenoxy) is 3. The van der Waals surface area contributed by atoms with Gasteiger partial charge in [-0.2, -0.15) is 0 Å². The number of Topliss-reactive ketones (excluding diaryl/α,β-unsaturated/α-hetero) is 1. The van der Waals surface area contributed by atoms with E-state index in [1.165, 1.54) is 24.3 Å². The van der Waals surface area contributed by atoms with Crippen molar-refractivity contribution in [1.29, 1.82) is 0 Å². The Labute approximate surface area is 197 Å². The van der Waals surface area contributed by atoms with Crippen LogP contribution in [0.3, 0.4) is 0 Å². The van der Waals surface area contributed by atoms with Gasteiger partial charge in [0.15, 0.2) is 23.0 Å². The number of para-hydroxylation sites is 1. The number of hydrogen-bond donors (Lipinski definition) is 1. The molecular weight excluding hydrogens is 438 g/mol. The molecule has 3 aromatic rings. The summed E-state index contributed by atoms with van der Waals surface area (Å²) < 4.78 is 21.4. The van der Waals surface area contributed by atoms with Gasteiger partial charge in [0.05, 0.1) is 39.2 Å². The van der Waals surface area contributed by atoms with Crippen LogP contribution < -0.4 is 14.2 Å². The predicted octanol–water partition coefficient (Wildman–Crippen LogP) is 4.13. The molecule has 1 aromatic heterocycles. The average Bonchev–Trinajstić information content (AvgIpc) is 3.49. The Balaban J connectivity index is 1.71. The molecule has 176 valence electrons. The number of carbonyl (C=O) groups excluding carboxylic acids is 2. The molecule has 0 bridgehead atoms. The number of rotatable bonds is 9. The van der Waals surface area contributed by atoms with Crippen LogP contribution in [-0.2, 0) is 11.2 Å². The number of furan rings is 1. The van der Waals surface area contributed by atoms with Crippen LogP contribution >= 0.6 is 0 Å². The third-order valence-electron chi connectivity index (χ3n) is 5.82. The van der Waals surface area contributed by atoms with E-state index in [4.69, 9.17) is 18.6 Å². The second kappa shape index (κ2) is 9.74. The lowest BCUT2D eigenvalue weighted by molar-refractivity contribution is -0.129. The molecule has 0 saturated carbocycles. The Morgan fingerprint density at radius 3 is 2.38 bits per heavy atom. The molecule has 0 radical (unpaired) electrons. The van der Waals surface area contributed by atoms with Crippen molar-refractivity contribution in [1.82, 2.24) is 4.90 Å². The Kier molecular flexibility index (Phi) is 6.58. The Bertz CT molecular complexity index is 1230. The summed E-state index contributed by atoms with van der Waals surface area (Å²) in [4.78, 5) is 27.9. The number of aliphatic hydroxyl groups excluding tert-OH is 1. The number of methoxy groups -OCH3 is 3. The van der Waals surface area contributed by atoms with Gasteiger partial charge in [0.25, 0.3) is 5.91 Å². The van der Waals surface area contributed by atoms with Crippen LogP contribution in [0.4, 0.5) is 0 Å². The minimum atomic E-state index is -0.846. The molecule has 0 spiro atoms. The van der Waals surface area contributed by atoms with Crippen LogP contribution in [0.5, 0.6) is 17.2 Å². The maximum Gasteiger partial charge on any atom is 0.290 e. The first-order valence-electron chi connectivity index (χ1n) is 10.7. The Morgan fingerprint density at radius 1 is 0.971 bits per heavy atom. The molecule has 0 fully saturated rings. The van der Waals surface area contributed by atoms with Gasteiger partial charge in [-0.25, -0.2) is 0 Å². The molecule has 8 heteroatoms. The van der Waals surface area contributed by atoms with Gasteiger partial charge in [-0.3, -0.25) is 9.59 Å². The van der Waals surface area contributed by atoms with E-state index in [2.05, 4.69) is 0 Å². The summed E-state index contributed by atoms with van der Waals surface area (Å²) in [6, 6.07) is 14.8. The van der Waals surface area contributed by atoms with E-state index in [-0.39, 0.29) is 17.9 Å². The summed E-state index contributed by atoms with van der Waals surface area (Å²) >= 11 is 0. The zero-order valence-electron chi connectivity index (χ0n) is 19.1. The second-order valence-electron chi connectivity index (χ2n) is 7.65. The summed E-state index contributed by atoms with van der Waals surface area (Å²) in [6.45, 7) is 0.232. The fourth-order valence-corrected chi connectivity index (χ4v) is 4.16. The highest BCUT2D eigenvalue weighted by molar-refractivity contribution is 6.15. The molecule has 0 aliphatic carbocycles. The Hall–Kier alpha value is -4.20. The highest BCUT2D eigenvalue weighted by Crippen LogP contribution is 2.42. The number of benzene rings is 2. The summed E-state index contributed by atoms with van der Waals surface area (Å²) in [5.74, 6) is -0.0761. The molecule has 4 rings (SSSR count). The number of nitrogens with zero attached hydrogens (tertiary/aromatic N) is 1. The highest BCUT2D eigenvalue weighted by atomic mass is 16.5. The van der Waals surface area contributed by atoms with Gasteiger partial charge in [0.1, 0.15) is 5.75 Å². The third-order valence-corrected chi connectivity index (χ3v) is 5.82. The van der Waals surface area contributed by atoms with E-state index in [0.717, 1.165) is 5.56 Å². The number of hydrogen-bond acceptors (Lipinski definition) is 7. The van der Waals surface area contributed by atoms with Crippen molar-refractivity contribution in [3.05, 3.63) is 89.1 Å². The summed E-state index contributed by atoms with van der Waals surface area (Å²) in [5, 5.41) is 10.8. The maximum atomic E-state index is 13.3. The van der Waals surface area contributed by atoms with Crippen molar-refractivity contribution in [3.63, 3.8) is 0 Å². The number of aliphatic hydroxyl groups is 1. The number of carbonyl (C=O) groups is 2. The standard InChI is InChI=1S/C26H25NO7/c1-31-18-8-5-4-7-17(18)23-22(24(28)20-9-6-14-34-20)25(29)26(30)27(23)13-12-16-10-11-19(32-2)21(15-16)33-3/h4-11,14-15,23,29H,12-13H2,1-3H3/t23-/m1/s1. The molecule has 0 unspecified atom stereocenters. The van der Waals surface area contributed by atoms with Crippen molar-refractivity contribution in [3.8, 4) is 17.2 Å². The highest BCUT2D eigenvalue weighted by Gasteiger charge is 2.45. The van der Waals surface area contributed by atoms with Gasteiger partial charge in [0.2, 0.25) is 5.78 Å². The first kappa shape index (κ1) is 23.0. The Morgan fingerprint density at radius 2 is 1.71 bits per heavy atom. The molecule has 0 saturated heterocycles. The van der Waals surface area contributed by atoms with Crippen molar-refractivity contribution in [2.75, 3.05) is 27.9 Å². The first-order valence-corrected chi connectivity index (χ1v) is 10.7. The fourth-order valence-electron chi connectivity index (χ4n) is 4.16. The molecule has 1 amide bonds. The van der Waals surface area contributed by atoms with Crippen LogP contribution in [0.1, 0.15) is 27.7 Å². The smallest absolute Gasteiger partial charge is 0.290 e. The lowest BCUT2D eigenvalue weighted by Crippen LogP contribution is -2.33. The number of amides is 1. The predicted molar refractivity (Wildman–Crippen MR) is 123 cm³/mol. The van der Waals surface area contributed by atoms with Crippen molar-refractivity contribution in [2.45, 2.75) is 12.5 Å². The van der Waals surface area contributed by atoms with Crippen molar-refractivity contribution in [2.24, 2.45) is 0 Å². The first-order chi connectivity index (χ1) is 16.5. The minimum absolute atomic E-state index is 0.0380. The van der Waals surface area contributed by atoms with E-state index in [1.54, 1.807) is 50.6 Å². The SMILES string of the molecule is COc1ccc(CCN2C(=O)C(O)=C(C(=O)c3ccco3)[C@H]2c2ccccc2OC)cc1OC. The molecule has 8 nitrogen and oxygen atoms in total. The van der Waals surface area contributed by atoms with Gasteiger partial charge in [-0.15, -0.1) is 0 Å². The zero-order valence-corrected chi connectivity index (χ0v) is 19.1. The normalized spacial score (nSPS) is 15.6. The van der Waals surface area contributed by atoms with Crippen LogP contribution in [-0.4, -0.2) is 49.6 Å². The second-order valence-corrected chi connectivity index (χ2v) is 7.65. The molecule has 34 heavy (non-hydrogen) atoms.